The third kappa shape index (κ3) is 7.38. The standard InChI is InChI=1S/C19H32N4.HI/c1-3-23(4-2)15-17-12-10-16(11-13-17)14-21-19(20)22-18-8-6-5-7-9-18;/h10-13,18H,3-9,14-15H2,1-2H3,(H3,20,21,22);1H. The Morgan fingerprint density at radius 2 is 1.67 bits per heavy atom. The van der Waals surface area contributed by atoms with Crippen molar-refractivity contribution in [2.45, 2.75) is 65.1 Å². The predicted molar refractivity (Wildman–Crippen MR) is 114 cm³/mol. The summed E-state index contributed by atoms with van der Waals surface area (Å²) in [5.74, 6) is 0.587. The molecule has 0 atom stereocenters. The number of aliphatic imine (C=N–C) groups is 1. The fourth-order valence-electron chi connectivity index (χ4n) is 3.13. The van der Waals surface area contributed by atoms with Gasteiger partial charge in [-0.3, -0.25) is 4.90 Å². The van der Waals surface area contributed by atoms with Crippen LogP contribution in [0.2, 0.25) is 0 Å². The van der Waals surface area contributed by atoms with Gasteiger partial charge in [0.1, 0.15) is 0 Å². The van der Waals surface area contributed by atoms with Crippen molar-refractivity contribution < 1.29 is 0 Å². The second kappa shape index (κ2) is 11.7. The zero-order valence-electron chi connectivity index (χ0n) is 15.1. The second-order valence-corrected chi connectivity index (χ2v) is 6.46. The van der Waals surface area contributed by atoms with Crippen LogP contribution in [0.25, 0.3) is 0 Å². The van der Waals surface area contributed by atoms with Gasteiger partial charge in [-0.1, -0.05) is 57.4 Å². The molecule has 1 aromatic carbocycles. The van der Waals surface area contributed by atoms with Crippen LogP contribution in [0, 0.1) is 0 Å². The van der Waals surface area contributed by atoms with Crippen LogP contribution in [-0.4, -0.2) is 30.0 Å². The molecule has 1 fully saturated rings. The molecule has 4 nitrogen and oxygen atoms in total. The Bertz CT molecular complexity index is 477. The van der Waals surface area contributed by atoms with Gasteiger partial charge in [-0.25, -0.2) is 4.99 Å². The molecule has 0 unspecified atom stereocenters. The fraction of sp³-hybridized carbons (Fsp3) is 0.632. The first kappa shape index (κ1) is 21.2. The van der Waals surface area contributed by atoms with Crippen molar-refractivity contribution in [2.24, 2.45) is 10.7 Å². The van der Waals surface area contributed by atoms with Gasteiger partial charge >= 0.3 is 0 Å². The van der Waals surface area contributed by atoms with E-state index in [0.717, 1.165) is 19.6 Å². The van der Waals surface area contributed by atoms with Gasteiger partial charge in [0.15, 0.2) is 5.96 Å². The summed E-state index contributed by atoms with van der Waals surface area (Å²) in [6.07, 6.45) is 6.40. The van der Waals surface area contributed by atoms with Crippen LogP contribution in [0.5, 0.6) is 0 Å². The normalized spacial score (nSPS) is 16.0. The Morgan fingerprint density at radius 3 is 2.25 bits per heavy atom. The molecular weight excluding hydrogens is 411 g/mol. The first-order chi connectivity index (χ1) is 11.2. The Morgan fingerprint density at radius 1 is 1.08 bits per heavy atom. The highest BCUT2D eigenvalue weighted by Crippen LogP contribution is 2.17. The van der Waals surface area contributed by atoms with Gasteiger partial charge in [-0.05, 0) is 37.1 Å². The van der Waals surface area contributed by atoms with Crippen LogP contribution in [0.4, 0.5) is 0 Å². The minimum atomic E-state index is 0. The molecule has 1 saturated carbocycles. The van der Waals surface area contributed by atoms with E-state index < -0.39 is 0 Å². The van der Waals surface area contributed by atoms with Crippen molar-refractivity contribution in [3.63, 3.8) is 0 Å². The fourth-order valence-corrected chi connectivity index (χ4v) is 3.13. The van der Waals surface area contributed by atoms with Crippen LogP contribution >= 0.6 is 24.0 Å². The van der Waals surface area contributed by atoms with Crippen molar-refractivity contribution in [1.82, 2.24) is 10.2 Å². The molecule has 0 saturated heterocycles. The largest absolute Gasteiger partial charge is 0.370 e. The molecule has 5 heteroatoms. The predicted octanol–water partition coefficient (Wildman–Crippen LogP) is 3.88. The molecule has 1 aliphatic rings. The molecule has 0 aromatic heterocycles. The van der Waals surface area contributed by atoms with E-state index in [1.165, 1.54) is 43.2 Å². The summed E-state index contributed by atoms with van der Waals surface area (Å²) in [6.45, 7) is 8.25. The number of hydrogen-bond acceptors (Lipinski definition) is 2. The molecule has 0 radical (unpaired) electrons. The topological polar surface area (TPSA) is 53.6 Å². The number of halogens is 1. The highest BCUT2D eigenvalue weighted by atomic mass is 127. The van der Waals surface area contributed by atoms with Crippen LogP contribution in [-0.2, 0) is 13.1 Å². The first-order valence-electron chi connectivity index (χ1n) is 9.08. The monoisotopic (exact) mass is 444 g/mol. The van der Waals surface area contributed by atoms with Crippen molar-refractivity contribution >= 4 is 29.9 Å². The lowest BCUT2D eigenvalue weighted by Crippen LogP contribution is -2.41. The average Bonchev–Trinajstić information content (AvgIpc) is 2.60. The summed E-state index contributed by atoms with van der Waals surface area (Å²) < 4.78 is 0. The molecule has 0 heterocycles. The van der Waals surface area contributed by atoms with E-state index in [9.17, 15) is 0 Å². The van der Waals surface area contributed by atoms with Crippen molar-refractivity contribution in [1.29, 1.82) is 0 Å². The minimum absolute atomic E-state index is 0. The molecule has 3 N–H and O–H groups in total. The second-order valence-electron chi connectivity index (χ2n) is 6.46. The first-order valence-corrected chi connectivity index (χ1v) is 9.08. The third-order valence-corrected chi connectivity index (χ3v) is 4.71. The molecule has 0 aliphatic heterocycles. The maximum atomic E-state index is 6.02. The van der Waals surface area contributed by atoms with E-state index >= 15 is 0 Å². The van der Waals surface area contributed by atoms with Crippen LogP contribution < -0.4 is 11.1 Å². The van der Waals surface area contributed by atoms with Crippen LogP contribution in [0.1, 0.15) is 57.1 Å². The number of nitrogens with two attached hydrogens (primary N) is 1. The molecule has 0 spiro atoms. The zero-order valence-corrected chi connectivity index (χ0v) is 17.5. The SMILES string of the molecule is CCN(CC)Cc1ccc(CN=C(N)NC2CCCCC2)cc1.I. The molecule has 24 heavy (non-hydrogen) atoms. The van der Waals surface area contributed by atoms with E-state index in [2.05, 4.69) is 53.3 Å². The molecule has 1 aliphatic carbocycles. The van der Waals surface area contributed by atoms with E-state index in [0.29, 0.717) is 18.5 Å². The Labute approximate surface area is 164 Å². The average molecular weight is 444 g/mol. The Kier molecular flexibility index (Phi) is 10.3. The summed E-state index contributed by atoms with van der Waals surface area (Å²) in [7, 11) is 0. The number of hydrogen-bond donors (Lipinski definition) is 2. The van der Waals surface area contributed by atoms with Gasteiger partial charge in [0.05, 0.1) is 6.54 Å². The number of benzene rings is 1. The zero-order chi connectivity index (χ0) is 16.5. The molecule has 0 bridgehead atoms. The van der Waals surface area contributed by atoms with Gasteiger partial charge < -0.3 is 11.1 Å². The number of nitrogens with zero attached hydrogens (tertiary/aromatic N) is 2. The highest BCUT2D eigenvalue weighted by molar-refractivity contribution is 14.0. The Hall–Kier alpha value is -0.820. The number of guanidine groups is 1. The molecule has 2 rings (SSSR count). The van der Waals surface area contributed by atoms with Crippen LogP contribution in [0.15, 0.2) is 29.3 Å². The van der Waals surface area contributed by atoms with E-state index in [1.54, 1.807) is 0 Å². The summed E-state index contributed by atoms with van der Waals surface area (Å²) in [4.78, 5) is 6.90. The third-order valence-electron chi connectivity index (χ3n) is 4.71. The van der Waals surface area contributed by atoms with Crippen molar-refractivity contribution in [3.8, 4) is 0 Å². The lowest BCUT2D eigenvalue weighted by molar-refractivity contribution is 0.296. The van der Waals surface area contributed by atoms with Gasteiger partial charge in [-0.15, -0.1) is 24.0 Å². The molecule has 1 aromatic rings. The van der Waals surface area contributed by atoms with Gasteiger partial charge in [0.25, 0.3) is 0 Å². The smallest absolute Gasteiger partial charge is 0.189 e. The summed E-state index contributed by atoms with van der Waals surface area (Å²) in [5.41, 5.74) is 8.58. The van der Waals surface area contributed by atoms with Crippen LogP contribution in [0.3, 0.4) is 0 Å². The maximum absolute atomic E-state index is 6.02. The molecule has 0 amide bonds. The van der Waals surface area contributed by atoms with Gasteiger partial charge in [-0.2, -0.15) is 0 Å². The van der Waals surface area contributed by atoms with Crippen molar-refractivity contribution in [2.75, 3.05) is 13.1 Å². The number of rotatable bonds is 7. The van der Waals surface area contributed by atoms with E-state index in [-0.39, 0.29) is 24.0 Å². The van der Waals surface area contributed by atoms with Gasteiger partial charge in [0.2, 0.25) is 0 Å². The maximum Gasteiger partial charge on any atom is 0.189 e. The summed E-state index contributed by atoms with van der Waals surface area (Å²) >= 11 is 0. The highest BCUT2D eigenvalue weighted by Gasteiger charge is 2.13. The quantitative estimate of drug-likeness (QED) is 0.381. The Balaban J connectivity index is 0.00000288. The lowest BCUT2D eigenvalue weighted by Gasteiger charge is -2.23. The minimum Gasteiger partial charge on any atom is -0.370 e. The summed E-state index contributed by atoms with van der Waals surface area (Å²) in [6, 6.07) is 9.25. The number of nitrogens with one attached hydrogen (secondary N) is 1. The van der Waals surface area contributed by atoms with E-state index in [4.69, 9.17) is 5.73 Å². The molecule has 136 valence electrons. The van der Waals surface area contributed by atoms with E-state index in [1.807, 2.05) is 0 Å². The van der Waals surface area contributed by atoms with Crippen molar-refractivity contribution in [3.05, 3.63) is 35.4 Å². The molecular formula is C19H33IN4. The summed E-state index contributed by atoms with van der Waals surface area (Å²) in [5, 5.41) is 3.36. The van der Waals surface area contributed by atoms with Gasteiger partial charge in [0, 0.05) is 12.6 Å². The lowest BCUT2D eigenvalue weighted by atomic mass is 9.96.